The van der Waals surface area contributed by atoms with Gasteiger partial charge in [0.1, 0.15) is 5.82 Å². The minimum atomic E-state index is -4.30. The molecule has 0 amide bonds. The van der Waals surface area contributed by atoms with Gasteiger partial charge in [-0.3, -0.25) is 0 Å². The number of benzene rings is 1. The van der Waals surface area contributed by atoms with Crippen LogP contribution in [-0.2, 0) is 5.51 Å². The summed E-state index contributed by atoms with van der Waals surface area (Å²) in [5.74, 6) is -0.550. The molecule has 0 spiro atoms. The van der Waals surface area contributed by atoms with Gasteiger partial charge in [0.05, 0.1) is 10.5 Å². The van der Waals surface area contributed by atoms with Gasteiger partial charge < -0.3 is 17.0 Å². The first kappa shape index (κ1) is 13.8. The SMILES string of the molecule is Fc1ccc2cc(C3CC3)[s+](C(F)(F)F)c2c1.[Br-]. The molecule has 0 N–H and O–H groups in total. The van der Waals surface area contributed by atoms with E-state index in [-0.39, 0.29) is 27.6 Å². The van der Waals surface area contributed by atoms with Crippen molar-refractivity contribution in [1.82, 2.24) is 0 Å². The van der Waals surface area contributed by atoms with Crippen LogP contribution in [0.15, 0.2) is 24.3 Å². The lowest BCUT2D eigenvalue weighted by atomic mass is 10.2. The zero-order chi connectivity index (χ0) is 12.2. The lowest BCUT2D eigenvalue weighted by molar-refractivity contribution is -0.0867. The second-order valence-electron chi connectivity index (χ2n) is 4.26. The van der Waals surface area contributed by atoms with E-state index < -0.39 is 21.8 Å². The van der Waals surface area contributed by atoms with Crippen LogP contribution in [0.4, 0.5) is 17.6 Å². The van der Waals surface area contributed by atoms with Gasteiger partial charge in [0.15, 0.2) is 9.58 Å². The number of rotatable bonds is 1. The lowest BCUT2D eigenvalue weighted by Crippen LogP contribution is -3.00. The molecule has 1 heterocycles. The summed E-state index contributed by atoms with van der Waals surface area (Å²) in [6, 6.07) is 5.27. The highest BCUT2D eigenvalue weighted by atomic mass is 79.9. The van der Waals surface area contributed by atoms with Crippen molar-refractivity contribution in [3.05, 3.63) is 35.0 Å². The maximum absolute atomic E-state index is 13.1. The first-order valence-electron chi connectivity index (χ1n) is 5.29. The molecule has 1 aromatic heterocycles. The Balaban J connectivity index is 0.00000120. The van der Waals surface area contributed by atoms with Crippen molar-refractivity contribution < 1.29 is 34.5 Å². The molecule has 0 nitrogen and oxygen atoms in total. The summed E-state index contributed by atoms with van der Waals surface area (Å²) in [5.41, 5.74) is -4.30. The maximum atomic E-state index is 13.1. The van der Waals surface area contributed by atoms with E-state index in [0.717, 1.165) is 18.9 Å². The molecule has 1 aliphatic rings. The van der Waals surface area contributed by atoms with Crippen molar-refractivity contribution in [2.24, 2.45) is 0 Å². The normalized spacial score (nSPS) is 16.8. The van der Waals surface area contributed by atoms with Crippen molar-refractivity contribution >= 4 is 20.6 Å². The number of alkyl halides is 3. The first-order valence-corrected chi connectivity index (χ1v) is 6.51. The summed E-state index contributed by atoms with van der Waals surface area (Å²) in [7, 11) is -1.91. The third-order valence-electron chi connectivity index (χ3n) is 2.94. The van der Waals surface area contributed by atoms with Crippen LogP contribution < -0.4 is 17.0 Å². The Morgan fingerprint density at radius 1 is 1.11 bits per heavy atom. The summed E-state index contributed by atoms with van der Waals surface area (Å²) in [5, 5.41) is 0.522. The molecule has 0 radical (unpaired) electrons. The smallest absolute Gasteiger partial charge is 0.600 e. The minimum Gasteiger partial charge on any atom is -1.00 e. The quantitative estimate of drug-likeness (QED) is 0.551. The highest BCUT2D eigenvalue weighted by Crippen LogP contribution is 2.57. The van der Waals surface area contributed by atoms with Crippen molar-refractivity contribution in [2.45, 2.75) is 24.3 Å². The van der Waals surface area contributed by atoms with Gasteiger partial charge in [-0.25, -0.2) is 4.39 Å². The molecule has 1 saturated carbocycles. The van der Waals surface area contributed by atoms with Crippen molar-refractivity contribution in [3.63, 3.8) is 0 Å². The maximum Gasteiger partial charge on any atom is 0.600 e. The monoisotopic (exact) mass is 340 g/mol. The molecule has 1 fully saturated rings. The van der Waals surface area contributed by atoms with Gasteiger partial charge in [0.25, 0.3) is 0 Å². The van der Waals surface area contributed by atoms with E-state index >= 15 is 0 Å². The van der Waals surface area contributed by atoms with Crippen molar-refractivity contribution in [2.75, 3.05) is 0 Å². The molecule has 18 heavy (non-hydrogen) atoms. The molecular formula is C12H9BrF4S. The zero-order valence-corrected chi connectivity index (χ0v) is 11.5. The van der Waals surface area contributed by atoms with E-state index in [2.05, 4.69) is 0 Å². The van der Waals surface area contributed by atoms with Crippen LogP contribution in [0, 0.1) is 5.82 Å². The first-order chi connectivity index (χ1) is 7.97. The molecule has 0 saturated heterocycles. The highest BCUT2D eigenvalue weighted by Gasteiger charge is 2.51. The van der Waals surface area contributed by atoms with Gasteiger partial charge in [-0.2, -0.15) is 0 Å². The Hall–Kier alpha value is -0.620. The fraction of sp³-hybridized carbons (Fsp3) is 0.333. The number of thiophene rings is 1. The molecule has 1 atom stereocenters. The number of halogens is 5. The van der Waals surface area contributed by atoms with Gasteiger partial charge >= 0.3 is 5.51 Å². The van der Waals surface area contributed by atoms with Crippen LogP contribution in [0.1, 0.15) is 23.6 Å². The Kier molecular flexibility index (Phi) is 3.44. The Labute approximate surface area is 114 Å². The minimum absolute atomic E-state index is 0. The molecule has 0 bridgehead atoms. The van der Waals surface area contributed by atoms with Gasteiger partial charge in [0.2, 0.25) is 0 Å². The number of hydrogen-bond acceptors (Lipinski definition) is 0. The van der Waals surface area contributed by atoms with Crippen LogP contribution in [0.2, 0.25) is 0 Å². The Bertz CT molecular complexity index is 584. The lowest BCUT2D eigenvalue weighted by Gasteiger charge is -1.98. The van der Waals surface area contributed by atoms with Gasteiger partial charge in [0, 0.05) is 23.4 Å². The molecular weight excluding hydrogens is 332 g/mol. The fourth-order valence-corrected chi connectivity index (χ4v) is 4.23. The largest absolute Gasteiger partial charge is 1.00 e. The van der Waals surface area contributed by atoms with E-state index in [1.165, 1.54) is 12.1 Å². The summed E-state index contributed by atoms with van der Waals surface area (Å²) >= 11 is 0. The van der Waals surface area contributed by atoms with Crippen LogP contribution in [0.5, 0.6) is 0 Å². The molecule has 1 aromatic carbocycles. The van der Waals surface area contributed by atoms with Gasteiger partial charge in [-0.1, -0.05) is 0 Å². The topological polar surface area (TPSA) is 0 Å². The zero-order valence-electron chi connectivity index (χ0n) is 9.10. The summed E-state index contributed by atoms with van der Waals surface area (Å²) in [4.78, 5) is 0.443. The molecule has 1 aliphatic carbocycles. The van der Waals surface area contributed by atoms with E-state index in [1.54, 1.807) is 6.07 Å². The van der Waals surface area contributed by atoms with Gasteiger partial charge in [-0.15, -0.1) is 13.2 Å². The third kappa shape index (κ3) is 2.28. The molecule has 0 aliphatic heterocycles. The van der Waals surface area contributed by atoms with E-state index in [1.807, 2.05) is 0 Å². The third-order valence-corrected chi connectivity index (χ3v) is 5.12. The van der Waals surface area contributed by atoms with Crippen LogP contribution in [0.25, 0.3) is 10.1 Å². The van der Waals surface area contributed by atoms with Crippen molar-refractivity contribution in [1.29, 1.82) is 0 Å². The Morgan fingerprint density at radius 3 is 2.33 bits per heavy atom. The standard InChI is InChI=1S/C12H9F4S.BrH/c13-9-4-3-8-5-10(7-1-2-7)17(11(8)6-9)12(14,15)16;/h3-7H,1-2H2;1H/q+1;/p-1. The van der Waals surface area contributed by atoms with E-state index in [4.69, 9.17) is 0 Å². The summed E-state index contributed by atoms with van der Waals surface area (Å²) < 4.78 is 52.4. The molecule has 6 heteroatoms. The second-order valence-corrected chi connectivity index (χ2v) is 6.24. The van der Waals surface area contributed by atoms with Gasteiger partial charge in [-0.05, 0) is 25.0 Å². The highest BCUT2D eigenvalue weighted by molar-refractivity contribution is 7.38. The fourth-order valence-electron chi connectivity index (χ4n) is 2.05. The van der Waals surface area contributed by atoms with E-state index in [0.29, 0.717) is 10.3 Å². The Morgan fingerprint density at radius 2 is 1.78 bits per heavy atom. The van der Waals surface area contributed by atoms with Crippen LogP contribution in [0.3, 0.4) is 0 Å². The number of fused-ring (bicyclic) bond motifs is 1. The molecule has 2 aromatic rings. The second kappa shape index (κ2) is 4.49. The summed E-state index contributed by atoms with van der Waals surface area (Å²) in [6.07, 6.45) is 1.64. The predicted molar refractivity (Wildman–Crippen MR) is 59.7 cm³/mol. The average Bonchev–Trinajstić information content (AvgIpc) is 2.97. The van der Waals surface area contributed by atoms with E-state index in [9.17, 15) is 17.6 Å². The molecule has 98 valence electrons. The average molecular weight is 341 g/mol. The van der Waals surface area contributed by atoms with Crippen molar-refractivity contribution in [3.8, 4) is 0 Å². The predicted octanol–water partition coefficient (Wildman–Crippen LogP) is 2.09. The molecule has 1 unspecified atom stereocenters. The van der Waals surface area contributed by atoms with Crippen LogP contribution in [-0.4, -0.2) is 0 Å². The summed E-state index contributed by atoms with van der Waals surface area (Å²) in [6.45, 7) is 0. The molecule has 3 rings (SSSR count). The van der Waals surface area contributed by atoms with Crippen LogP contribution >= 0.6 is 10.5 Å². The number of hydrogen-bond donors (Lipinski definition) is 0.